The fraction of sp³-hybridized carbons (Fsp3) is 0.296. The second-order valence-electron chi connectivity index (χ2n) is 8.79. The van der Waals surface area contributed by atoms with E-state index in [-0.39, 0.29) is 11.9 Å². The van der Waals surface area contributed by atoms with Crippen LogP contribution in [-0.4, -0.2) is 39.5 Å². The van der Waals surface area contributed by atoms with Crippen LogP contribution in [0.5, 0.6) is 0 Å². The topological polar surface area (TPSA) is 95.6 Å². The Morgan fingerprint density at radius 1 is 0.973 bits per heavy atom. The molecule has 1 fully saturated rings. The van der Waals surface area contributed by atoms with Crippen LogP contribution in [0, 0.1) is 5.82 Å². The number of anilines is 2. The second-order valence-corrected chi connectivity index (χ2v) is 11.2. The summed E-state index contributed by atoms with van der Waals surface area (Å²) in [5.41, 5.74) is 0.863. The third-order valence-corrected chi connectivity index (χ3v) is 8.11. The van der Waals surface area contributed by atoms with Crippen molar-refractivity contribution in [3.63, 3.8) is 0 Å². The van der Waals surface area contributed by atoms with Crippen LogP contribution in [0.2, 0.25) is 0 Å². The normalized spacial score (nSPS) is 15.1. The highest BCUT2D eigenvalue weighted by Crippen LogP contribution is 2.31. The Morgan fingerprint density at radius 2 is 1.68 bits per heavy atom. The molecule has 2 aromatic carbocycles. The molecular formula is C27H28FN3O4S2. The summed E-state index contributed by atoms with van der Waals surface area (Å²) in [6.07, 6.45) is 3.90. The molecule has 1 aromatic heterocycles. The van der Waals surface area contributed by atoms with Crippen molar-refractivity contribution in [2.45, 2.75) is 37.8 Å². The molecule has 3 aromatic rings. The number of hydrogen-bond acceptors (Lipinski definition) is 5. The maximum atomic E-state index is 13.6. The first-order valence-electron chi connectivity index (χ1n) is 12.0. The second kappa shape index (κ2) is 12.7. The average Bonchev–Trinajstić information content (AvgIpc) is 3.59. The molecule has 2 N–H and O–H groups in total. The maximum Gasteiger partial charge on any atom is 0.248 e. The number of amides is 3. The molecule has 7 nitrogen and oxygen atoms in total. The third kappa shape index (κ3) is 7.33. The molecule has 2 atom stereocenters. The molecule has 3 amide bonds. The highest BCUT2D eigenvalue weighted by Gasteiger charge is 2.35. The van der Waals surface area contributed by atoms with Gasteiger partial charge in [0.1, 0.15) is 23.4 Å². The van der Waals surface area contributed by atoms with Gasteiger partial charge in [0.2, 0.25) is 17.7 Å². The number of rotatable bonds is 10. The lowest BCUT2D eigenvalue weighted by Gasteiger charge is -2.31. The molecule has 1 aliphatic carbocycles. The van der Waals surface area contributed by atoms with Crippen LogP contribution >= 0.6 is 11.3 Å². The minimum absolute atomic E-state index is 0.0620. The number of nitrogens with zero attached hydrogens (tertiary/aromatic N) is 1. The number of nitrogens with one attached hydrogen (secondary N) is 2. The highest BCUT2D eigenvalue weighted by atomic mass is 32.2. The summed E-state index contributed by atoms with van der Waals surface area (Å²) in [5, 5.41) is 7.49. The van der Waals surface area contributed by atoms with Crippen molar-refractivity contribution in [3.8, 4) is 0 Å². The van der Waals surface area contributed by atoms with Gasteiger partial charge in [-0.15, -0.1) is 11.3 Å². The van der Waals surface area contributed by atoms with E-state index in [1.54, 1.807) is 30.3 Å². The van der Waals surface area contributed by atoms with Gasteiger partial charge in [-0.05, 0) is 60.7 Å². The summed E-state index contributed by atoms with van der Waals surface area (Å²) >= 11 is 1.37. The number of thiophene rings is 1. The molecule has 0 aliphatic heterocycles. The van der Waals surface area contributed by atoms with Crippen molar-refractivity contribution in [1.29, 1.82) is 0 Å². The van der Waals surface area contributed by atoms with Gasteiger partial charge in [-0.3, -0.25) is 23.5 Å². The van der Waals surface area contributed by atoms with Gasteiger partial charge in [0.25, 0.3) is 0 Å². The van der Waals surface area contributed by atoms with Gasteiger partial charge in [-0.25, -0.2) is 4.39 Å². The molecule has 0 bridgehead atoms. The molecule has 1 heterocycles. The van der Waals surface area contributed by atoms with Crippen LogP contribution in [0.25, 0.3) is 0 Å². The third-order valence-electron chi connectivity index (χ3n) is 6.03. The van der Waals surface area contributed by atoms with Crippen LogP contribution in [0.15, 0.2) is 72.1 Å². The maximum absolute atomic E-state index is 13.6. The van der Waals surface area contributed by atoms with E-state index in [0.29, 0.717) is 16.3 Å². The molecule has 37 heavy (non-hydrogen) atoms. The van der Waals surface area contributed by atoms with Gasteiger partial charge in [0.15, 0.2) is 0 Å². The SMILES string of the molecule is O=C(C[S@@](=O)CC(=O)N(c1ccccc1)[C@H](C(=O)NC1CCCC1)c1cccs1)Nc1ccc(F)cc1. The van der Waals surface area contributed by atoms with E-state index in [2.05, 4.69) is 10.6 Å². The standard InChI is InChI=1S/C27H28FN3O4S2/c28-19-12-14-21(15-13-19)29-24(32)17-37(35)18-25(33)31(22-9-2-1-3-10-22)26(23-11-6-16-36-23)27(34)30-20-7-4-5-8-20/h1-3,6,9-16,20,26H,4-5,7-8,17-18H2,(H,29,32)(H,30,34)/t26-,37+/m0/s1. The summed E-state index contributed by atoms with van der Waals surface area (Å²) in [7, 11) is -1.84. The van der Waals surface area contributed by atoms with Crippen molar-refractivity contribution in [1.82, 2.24) is 5.32 Å². The predicted octanol–water partition coefficient (Wildman–Crippen LogP) is 4.41. The lowest BCUT2D eigenvalue weighted by Crippen LogP contribution is -2.47. The molecule has 0 saturated heterocycles. The first-order chi connectivity index (χ1) is 17.9. The number of carbonyl (C=O) groups excluding carboxylic acids is 3. The zero-order chi connectivity index (χ0) is 26.2. The molecule has 0 unspecified atom stereocenters. The lowest BCUT2D eigenvalue weighted by molar-refractivity contribution is -0.126. The van der Waals surface area contributed by atoms with Crippen LogP contribution in [0.4, 0.5) is 15.8 Å². The molecule has 1 saturated carbocycles. The van der Waals surface area contributed by atoms with Gasteiger partial charge >= 0.3 is 0 Å². The zero-order valence-electron chi connectivity index (χ0n) is 20.1. The van der Waals surface area contributed by atoms with E-state index in [9.17, 15) is 23.0 Å². The van der Waals surface area contributed by atoms with E-state index < -0.39 is 46.0 Å². The van der Waals surface area contributed by atoms with Gasteiger partial charge in [0.05, 0.1) is 0 Å². The summed E-state index contributed by atoms with van der Waals surface area (Å²) < 4.78 is 25.9. The molecular weight excluding hydrogens is 513 g/mol. The van der Waals surface area contributed by atoms with Gasteiger partial charge < -0.3 is 10.6 Å². The zero-order valence-corrected chi connectivity index (χ0v) is 21.7. The number of carbonyl (C=O) groups is 3. The van der Waals surface area contributed by atoms with Crippen molar-refractivity contribution in [2.24, 2.45) is 0 Å². The highest BCUT2D eigenvalue weighted by molar-refractivity contribution is 7.86. The Kier molecular flexibility index (Phi) is 9.19. The van der Waals surface area contributed by atoms with E-state index >= 15 is 0 Å². The van der Waals surface area contributed by atoms with Gasteiger partial charge in [-0.2, -0.15) is 0 Å². The van der Waals surface area contributed by atoms with Crippen LogP contribution in [0.1, 0.15) is 36.6 Å². The van der Waals surface area contributed by atoms with Crippen molar-refractivity contribution in [2.75, 3.05) is 21.7 Å². The van der Waals surface area contributed by atoms with Crippen molar-refractivity contribution >= 4 is 51.2 Å². The summed E-state index contributed by atoms with van der Waals surface area (Å²) in [5.74, 6) is -2.66. The monoisotopic (exact) mass is 541 g/mol. The predicted molar refractivity (Wildman–Crippen MR) is 144 cm³/mol. The molecule has 4 rings (SSSR count). The minimum atomic E-state index is -1.84. The van der Waals surface area contributed by atoms with E-state index in [4.69, 9.17) is 0 Å². The largest absolute Gasteiger partial charge is 0.351 e. The molecule has 0 radical (unpaired) electrons. The average molecular weight is 542 g/mol. The summed E-state index contributed by atoms with van der Waals surface area (Å²) in [6.45, 7) is 0. The summed E-state index contributed by atoms with van der Waals surface area (Å²) in [4.78, 5) is 41.6. The van der Waals surface area contributed by atoms with Crippen LogP contribution < -0.4 is 15.5 Å². The fourth-order valence-electron chi connectivity index (χ4n) is 4.33. The van der Waals surface area contributed by atoms with Crippen LogP contribution in [0.3, 0.4) is 0 Å². The molecule has 1 aliphatic rings. The first kappa shape index (κ1) is 26.7. The smallest absolute Gasteiger partial charge is 0.248 e. The number of para-hydroxylation sites is 1. The molecule has 0 spiro atoms. The molecule has 194 valence electrons. The van der Waals surface area contributed by atoms with E-state index in [1.807, 2.05) is 17.5 Å². The fourth-order valence-corrected chi connectivity index (χ4v) is 6.03. The van der Waals surface area contributed by atoms with E-state index in [0.717, 1.165) is 25.7 Å². The van der Waals surface area contributed by atoms with Crippen molar-refractivity contribution in [3.05, 3.63) is 82.8 Å². The van der Waals surface area contributed by atoms with Crippen LogP contribution in [-0.2, 0) is 25.2 Å². The Labute approximate surface area is 221 Å². The van der Waals surface area contributed by atoms with Crippen molar-refractivity contribution < 1.29 is 23.0 Å². The molecule has 10 heteroatoms. The Balaban J connectivity index is 1.52. The van der Waals surface area contributed by atoms with E-state index in [1.165, 1.54) is 40.5 Å². The first-order valence-corrected chi connectivity index (χ1v) is 14.4. The number of hydrogen-bond donors (Lipinski definition) is 2. The lowest BCUT2D eigenvalue weighted by atomic mass is 10.1. The minimum Gasteiger partial charge on any atom is -0.351 e. The Bertz CT molecular complexity index is 1230. The summed E-state index contributed by atoms with van der Waals surface area (Å²) in [6, 6.07) is 16.8. The quantitative estimate of drug-likeness (QED) is 0.398. The number of halogens is 1. The Morgan fingerprint density at radius 3 is 2.32 bits per heavy atom. The van der Waals surface area contributed by atoms with Gasteiger partial charge in [-0.1, -0.05) is 37.1 Å². The number of benzene rings is 2. The Hall–Kier alpha value is -3.37. The van der Waals surface area contributed by atoms with Gasteiger partial charge in [0, 0.05) is 33.1 Å².